The van der Waals surface area contributed by atoms with Crippen LogP contribution in [0.1, 0.15) is 66.7 Å². The van der Waals surface area contributed by atoms with Crippen LogP contribution >= 0.6 is 0 Å². The fourth-order valence-electron chi connectivity index (χ4n) is 4.03. The Bertz CT molecular complexity index is 1260. The number of carbonyl (C=O) groups is 1. The summed E-state index contributed by atoms with van der Waals surface area (Å²) in [6.45, 7) is 5.11. The molecule has 2 unspecified atom stereocenters. The van der Waals surface area contributed by atoms with E-state index in [1.165, 1.54) is 0 Å². The minimum Gasteiger partial charge on any atom is -0.493 e. The zero-order chi connectivity index (χ0) is 26.8. The Hall–Kier alpha value is -3.26. The van der Waals surface area contributed by atoms with Crippen molar-refractivity contribution < 1.29 is 24.5 Å². The average Bonchev–Trinajstić information content (AvgIpc) is 3.71. The number of aliphatic hydroxyl groups excluding tert-OH is 1. The maximum atomic E-state index is 13.0. The van der Waals surface area contributed by atoms with Gasteiger partial charge in [0.1, 0.15) is 5.60 Å². The number of pyridine rings is 1. The van der Waals surface area contributed by atoms with Gasteiger partial charge < -0.3 is 25.4 Å². The van der Waals surface area contributed by atoms with E-state index in [2.05, 4.69) is 0 Å². The van der Waals surface area contributed by atoms with Gasteiger partial charge in [-0.3, -0.25) is 4.79 Å². The van der Waals surface area contributed by atoms with E-state index in [9.17, 15) is 15.0 Å². The van der Waals surface area contributed by atoms with Crippen LogP contribution in [0.4, 0.5) is 0 Å². The summed E-state index contributed by atoms with van der Waals surface area (Å²) in [7, 11) is 1.55. The van der Waals surface area contributed by atoms with Gasteiger partial charge in [0.2, 0.25) is 0 Å². The highest BCUT2D eigenvalue weighted by atomic mass is 16.5. The van der Waals surface area contributed by atoms with Crippen molar-refractivity contribution in [3.63, 3.8) is 0 Å². The Labute approximate surface area is 218 Å². The molecule has 196 valence electrons. The molecule has 0 radical (unpaired) electrons. The highest BCUT2D eigenvalue weighted by Crippen LogP contribution is 2.35. The molecule has 4 N–H and O–H groups in total. The topological polar surface area (TPSA) is 115 Å². The molecule has 37 heavy (non-hydrogen) atoms. The Kier molecular flexibility index (Phi) is 7.69. The number of ketones is 1. The van der Waals surface area contributed by atoms with E-state index in [0.29, 0.717) is 34.0 Å². The van der Waals surface area contributed by atoms with Crippen LogP contribution < -0.4 is 15.2 Å². The Balaban J connectivity index is 1.57. The fourth-order valence-corrected chi connectivity index (χ4v) is 4.03. The quantitative estimate of drug-likeness (QED) is 0.326. The van der Waals surface area contributed by atoms with Crippen LogP contribution in [0.15, 0.2) is 54.6 Å². The second-order valence-electron chi connectivity index (χ2n) is 10.4. The molecule has 0 saturated heterocycles. The van der Waals surface area contributed by atoms with Gasteiger partial charge in [-0.25, -0.2) is 4.98 Å². The van der Waals surface area contributed by atoms with Crippen LogP contribution in [0.5, 0.6) is 11.5 Å². The SMILES string of the molecule is COc1cc(C(=O)CCC(C)(O)c2cc(C(C)(N)CO)cc(-c3ccc(C)cc3)n2)ccc1OC1CC1. The lowest BCUT2D eigenvalue weighted by Crippen LogP contribution is -2.37. The second kappa shape index (κ2) is 10.6. The van der Waals surface area contributed by atoms with Crippen molar-refractivity contribution in [2.24, 2.45) is 5.73 Å². The largest absolute Gasteiger partial charge is 0.493 e. The van der Waals surface area contributed by atoms with Gasteiger partial charge in [0.05, 0.1) is 36.7 Å². The standard InChI is InChI=1S/C30H36N2O5/c1-19-5-7-20(8-6-19)24-16-22(29(2,31)18-33)17-28(32-24)30(3,35)14-13-25(34)21-9-12-26(27(15-21)36-4)37-23-10-11-23/h5-9,12,15-17,23,33,35H,10-11,13-14,18,31H2,1-4H3. The van der Waals surface area contributed by atoms with Crippen molar-refractivity contribution in [2.75, 3.05) is 13.7 Å². The lowest BCUT2D eigenvalue weighted by molar-refractivity contribution is 0.0395. The molecule has 1 fully saturated rings. The summed E-state index contributed by atoms with van der Waals surface area (Å²) in [6, 6.07) is 16.6. The summed E-state index contributed by atoms with van der Waals surface area (Å²) < 4.78 is 11.3. The summed E-state index contributed by atoms with van der Waals surface area (Å²) in [6.07, 6.45) is 2.53. The van der Waals surface area contributed by atoms with E-state index >= 15 is 0 Å². The van der Waals surface area contributed by atoms with E-state index in [0.717, 1.165) is 24.0 Å². The maximum Gasteiger partial charge on any atom is 0.163 e. The molecule has 7 nitrogen and oxygen atoms in total. The number of hydrogen-bond donors (Lipinski definition) is 3. The van der Waals surface area contributed by atoms with Gasteiger partial charge in [-0.05, 0) is 75.9 Å². The molecule has 1 aromatic heterocycles. The minimum absolute atomic E-state index is 0.102. The molecule has 7 heteroatoms. The number of aromatic nitrogens is 1. The molecule has 0 amide bonds. The van der Waals surface area contributed by atoms with E-state index in [1.807, 2.05) is 37.3 Å². The molecular formula is C30H36N2O5. The molecule has 4 rings (SSSR count). The maximum absolute atomic E-state index is 13.0. The van der Waals surface area contributed by atoms with Gasteiger partial charge in [-0.15, -0.1) is 0 Å². The second-order valence-corrected chi connectivity index (χ2v) is 10.4. The first kappa shape index (κ1) is 26.8. The van der Waals surface area contributed by atoms with E-state index in [1.54, 1.807) is 45.2 Å². The average molecular weight is 505 g/mol. The number of carbonyl (C=O) groups excluding carboxylic acids is 1. The van der Waals surface area contributed by atoms with Gasteiger partial charge in [0, 0.05) is 17.5 Å². The summed E-state index contributed by atoms with van der Waals surface area (Å²) in [5.74, 6) is 1.03. The van der Waals surface area contributed by atoms with Crippen molar-refractivity contribution in [1.29, 1.82) is 0 Å². The van der Waals surface area contributed by atoms with Gasteiger partial charge >= 0.3 is 0 Å². The van der Waals surface area contributed by atoms with E-state index in [4.69, 9.17) is 20.2 Å². The smallest absolute Gasteiger partial charge is 0.163 e. The predicted octanol–water partition coefficient (Wildman–Crippen LogP) is 4.64. The van der Waals surface area contributed by atoms with Crippen molar-refractivity contribution in [2.45, 2.75) is 63.7 Å². The molecule has 1 heterocycles. The van der Waals surface area contributed by atoms with Crippen LogP contribution in [0, 0.1) is 6.92 Å². The number of methoxy groups -OCH3 is 1. The third-order valence-corrected chi connectivity index (χ3v) is 6.85. The zero-order valence-corrected chi connectivity index (χ0v) is 22.0. The van der Waals surface area contributed by atoms with Crippen molar-refractivity contribution in [3.05, 3.63) is 77.0 Å². The fraction of sp³-hybridized carbons (Fsp3) is 0.400. The zero-order valence-electron chi connectivity index (χ0n) is 22.0. The number of benzene rings is 2. The third-order valence-electron chi connectivity index (χ3n) is 6.85. The van der Waals surface area contributed by atoms with Crippen LogP contribution in [0.3, 0.4) is 0 Å². The number of ether oxygens (including phenoxy) is 2. The molecule has 1 aliphatic rings. The van der Waals surface area contributed by atoms with Gasteiger partial charge in [0.25, 0.3) is 0 Å². The Morgan fingerprint density at radius 2 is 1.78 bits per heavy atom. The summed E-state index contributed by atoms with van der Waals surface area (Å²) in [4.78, 5) is 17.8. The number of aryl methyl sites for hydroxylation is 1. The van der Waals surface area contributed by atoms with E-state index < -0.39 is 11.1 Å². The first-order chi connectivity index (χ1) is 17.5. The van der Waals surface area contributed by atoms with E-state index in [-0.39, 0.29) is 31.3 Å². The summed E-state index contributed by atoms with van der Waals surface area (Å²) in [5.41, 5.74) is 8.09. The number of hydrogen-bond acceptors (Lipinski definition) is 7. The van der Waals surface area contributed by atoms with Crippen LogP contribution in [0.2, 0.25) is 0 Å². The van der Waals surface area contributed by atoms with Gasteiger partial charge in [0.15, 0.2) is 17.3 Å². The van der Waals surface area contributed by atoms with Crippen LogP contribution in [0.25, 0.3) is 11.3 Å². The summed E-state index contributed by atoms with van der Waals surface area (Å²) in [5, 5.41) is 21.3. The molecule has 1 aliphatic carbocycles. The number of Topliss-reactive ketones (excluding diaryl/α,β-unsaturated/α-hetero) is 1. The van der Waals surface area contributed by atoms with Crippen molar-refractivity contribution in [3.8, 4) is 22.8 Å². The number of rotatable bonds is 11. The lowest BCUT2D eigenvalue weighted by atomic mass is 9.87. The molecule has 2 aromatic carbocycles. The molecule has 0 spiro atoms. The highest BCUT2D eigenvalue weighted by molar-refractivity contribution is 5.96. The van der Waals surface area contributed by atoms with Crippen molar-refractivity contribution >= 4 is 5.78 Å². The normalized spacial score (nSPS) is 16.5. The van der Waals surface area contributed by atoms with Crippen LogP contribution in [-0.4, -0.2) is 40.8 Å². The van der Waals surface area contributed by atoms with Crippen LogP contribution in [-0.2, 0) is 11.1 Å². The minimum atomic E-state index is -1.41. The van der Waals surface area contributed by atoms with Gasteiger partial charge in [-0.2, -0.15) is 0 Å². The first-order valence-electron chi connectivity index (χ1n) is 12.6. The molecule has 3 aromatic rings. The number of nitrogens with zero attached hydrogens (tertiary/aromatic N) is 1. The third kappa shape index (κ3) is 6.36. The summed E-state index contributed by atoms with van der Waals surface area (Å²) >= 11 is 0. The molecule has 0 bridgehead atoms. The molecular weight excluding hydrogens is 468 g/mol. The molecule has 1 saturated carbocycles. The van der Waals surface area contributed by atoms with Crippen molar-refractivity contribution in [1.82, 2.24) is 4.98 Å². The molecule has 0 aliphatic heterocycles. The van der Waals surface area contributed by atoms with Gasteiger partial charge in [-0.1, -0.05) is 29.8 Å². The predicted molar refractivity (Wildman–Crippen MR) is 143 cm³/mol. The highest BCUT2D eigenvalue weighted by Gasteiger charge is 2.30. The molecule has 2 atom stereocenters. The Morgan fingerprint density at radius 3 is 2.41 bits per heavy atom. The lowest BCUT2D eigenvalue weighted by Gasteiger charge is -2.28. The number of aliphatic hydroxyl groups is 2. The monoisotopic (exact) mass is 504 g/mol. The number of nitrogens with two attached hydrogens (primary N) is 1. The Morgan fingerprint density at radius 1 is 1.08 bits per heavy atom. The first-order valence-corrected chi connectivity index (χ1v) is 12.6.